The van der Waals surface area contributed by atoms with Gasteiger partial charge in [-0.3, -0.25) is 9.69 Å². The fourth-order valence-electron chi connectivity index (χ4n) is 2.96. The normalized spacial score (nSPS) is 22.1. The molecule has 1 aliphatic rings. The Kier molecular flexibility index (Phi) is 6.56. The summed E-state index contributed by atoms with van der Waals surface area (Å²) in [6, 6.07) is 6.72. The Morgan fingerprint density at radius 2 is 1.84 bits per heavy atom. The van der Waals surface area contributed by atoms with E-state index in [1.807, 2.05) is 13.8 Å². The lowest BCUT2D eigenvalue weighted by Crippen LogP contribution is -2.49. The standard InChI is InChI=1S/C17H27N3O4S/c1-13-10-20(11-14(2)24-13)12-17(21)18-9-15-7-5-6-8-16(15)25(22,23)19(3)4/h5-8,13-14H,9-12H2,1-4H3,(H,18,21). The van der Waals surface area contributed by atoms with Crippen LogP contribution in [0.1, 0.15) is 19.4 Å². The third-order valence-corrected chi connectivity index (χ3v) is 5.99. The third-order valence-electron chi connectivity index (χ3n) is 4.07. The van der Waals surface area contributed by atoms with Crippen LogP contribution in [-0.2, 0) is 26.1 Å². The molecule has 0 aromatic heterocycles. The first-order chi connectivity index (χ1) is 11.7. The van der Waals surface area contributed by atoms with E-state index in [1.165, 1.54) is 18.4 Å². The summed E-state index contributed by atoms with van der Waals surface area (Å²) in [5.41, 5.74) is 0.577. The van der Waals surface area contributed by atoms with Crippen molar-refractivity contribution in [3.8, 4) is 0 Å². The Labute approximate surface area is 150 Å². The predicted molar refractivity (Wildman–Crippen MR) is 95.6 cm³/mol. The van der Waals surface area contributed by atoms with E-state index in [2.05, 4.69) is 10.2 Å². The zero-order valence-corrected chi connectivity index (χ0v) is 16.0. The summed E-state index contributed by atoms with van der Waals surface area (Å²) in [6.45, 7) is 5.86. The number of amides is 1. The van der Waals surface area contributed by atoms with Crippen LogP contribution >= 0.6 is 0 Å². The van der Waals surface area contributed by atoms with Gasteiger partial charge in [0.2, 0.25) is 15.9 Å². The van der Waals surface area contributed by atoms with Gasteiger partial charge in [0.15, 0.2) is 0 Å². The van der Waals surface area contributed by atoms with Gasteiger partial charge in [-0.2, -0.15) is 0 Å². The molecule has 2 rings (SSSR count). The summed E-state index contributed by atoms with van der Waals surface area (Å²) in [4.78, 5) is 14.5. The van der Waals surface area contributed by atoms with Crippen LogP contribution in [-0.4, -0.2) is 69.5 Å². The Bertz CT molecular complexity index is 696. The van der Waals surface area contributed by atoms with Crippen LogP contribution in [0, 0.1) is 0 Å². The molecule has 1 fully saturated rings. The molecule has 1 heterocycles. The summed E-state index contributed by atoms with van der Waals surface area (Å²) in [5.74, 6) is -0.127. The SMILES string of the molecule is CC1CN(CC(=O)NCc2ccccc2S(=O)(=O)N(C)C)CC(C)O1. The first kappa shape index (κ1) is 19.8. The molecular weight excluding hydrogens is 342 g/mol. The van der Waals surface area contributed by atoms with Crippen LogP contribution in [0.15, 0.2) is 29.2 Å². The average Bonchev–Trinajstić information content (AvgIpc) is 2.52. The van der Waals surface area contributed by atoms with E-state index in [9.17, 15) is 13.2 Å². The Morgan fingerprint density at radius 1 is 1.24 bits per heavy atom. The number of sulfonamides is 1. The van der Waals surface area contributed by atoms with Gasteiger partial charge in [0, 0.05) is 33.7 Å². The number of carbonyl (C=O) groups is 1. The summed E-state index contributed by atoms with van der Waals surface area (Å²) in [7, 11) is -0.559. The fourth-order valence-corrected chi connectivity index (χ4v) is 4.08. The predicted octanol–water partition coefficient (Wildman–Crippen LogP) is 0.662. The minimum Gasteiger partial charge on any atom is -0.373 e. The molecule has 0 radical (unpaired) electrons. The van der Waals surface area contributed by atoms with Gasteiger partial charge in [0.05, 0.1) is 23.6 Å². The molecule has 7 nitrogen and oxygen atoms in total. The van der Waals surface area contributed by atoms with Crippen molar-refractivity contribution in [2.24, 2.45) is 0 Å². The quantitative estimate of drug-likeness (QED) is 0.797. The molecule has 1 aromatic rings. The molecule has 8 heteroatoms. The largest absolute Gasteiger partial charge is 0.373 e. The lowest BCUT2D eigenvalue weighted by atomic mass is 10.2. The number of nitrogens with one attached hydrogen (secondary N) is 1. The van der Waals surface area contributed by atoms with Gasteiger partial charge in [-0.1, -0.05) is 18.2 Å². The molecule has 0 saturated carbocycles. The fraction of sp³-hybridized carbons (Fsp3) is 0.588. The smallest absolute Gasteiger partial charge is 0.242 e. The molecule has 2 atom stereocenters. The maximum Gasteiger partial charge on any atom is 0.242 e. The second-order valence-corrected chi connectivity index (χ2v) is 8.74. The van der Waals surface area contributed by atoms with E-state index in [0.717, 1.165) is 0 Å². The summed E-state index contributed by atoms with van der Waals surface area (Å²) < 4.78 is 31.6. The number of ether oxygens (including phenoxy) is 1. The summed E-state index contributed by atoms with van der Waals surface area (Å²) >= 11 is 0. The van der Waals surface area contributed by atoms with E-state index in [4.69, 9.17) is 4.74 Å². The van der Waals surface area contributed by atoms with Crippen molar-refractivity contribution < 1.29 is 17.9 Å². The lowest BCUT2D eigenvalue weighted by Gasteiger charge is -2.34. The Hall–Kier alpha value is -1.48. The highest BCUT2D eigenvalue weighted by Gasteiger charge is 2.24. The number of hydrogen-bond acceptors (Lipinski definition) is 5. The van der Waals surface area contributed by atoms with Crippen molar-refractivity contribution in [1.82, 2.24) is 14.5 Å². The average molecular weight is 369 g/mol. The van der Waals surface area contributed by atoms with Crippen LogP contribution in [0.2, 0.25) is 0 Å². The van der Waals surface area contributed by atoms with Crippen molar-refractivity contribution in [3.05, 3.63) is 29.8 Å². The van der Waals surface area contributed by atoms with Crippen molar-refractivity contribution in [2.45, 2.75) is 37.5 Å². The van der Waals surface area contributed by atoms with Crippen LogP contribution in [0.5, 0.6) is 0 Å². The molecule has 25 heavy (non-hydrogen) atoms. The van der Waals surface area contributed by atoms with E-state index in [0.29, 0.717) is 18.7 Å². The summed E-state index contributed by atoms with van der Waals surface area (Å²) in [5, 5.41) is 2.82. The van der Waals surface area contributed by atoms with Gasteiger partial charge in [-0.15, -0.1) is 0 Å². The molecule has 2 unspecified atom stereocenters. The van der Waals surface area contributed by atoms with Crippen LogP contribution in [0.4, 0.5) is 0 Å². The Balaban J connectivity index is 1.99. The number of carbonyl (C=O) groups excluding carboxylic acids is 1. The van der Waals surface area contributed by atoms with E-state index >= 15 is 0 Å². The van der Waals surface area contributed by atoms with E-state index in [-0.39, 0.29) is 36.1 Å². The van der Waals surface area contributed by atoms with Crippen LogP contribution in [0.25, 0.3) is 0 Å². The molecule has 0 bridgehead atoms. The number of hydrogen-bond donors (Lipinski definition) is 1. The van der Waals surface area contributed by atoms with Gasteiger partial charge in [0.1, 0.15) is 0 Å². The third kappa shape index (κ3) is 5.24. The first-order valence-corrected chi connectivity index (χ1v) is 9.79. The van der Waals surface area contributed by atoms with Crippen molar-refractivity contribution in [2.75, 3.05) is 33.7 Å². The minimum atomic E-state index is -3.54. The van der Waals surface area contributed by atoms with E-state index < -0.39 is 10.0 Å². The number of rotatable bonds is 6. The zero-order chi connectivity index (χ0) is 18.6. The number of benzene rings is 1. The molecule has 0 spiro atoms. The lowest BCUT2D eigenvalue weighted by molar-refractivity contribution is -0.126. The minimum absolute atomic E-state index is 0.0995. The van der Waals surface area contributed by atoms with E-state index in [1.54, 1.807) is 24.3 Å². The monoisotopic (exact) mass is 369 g/mol. The van der Waals surface area contributed by atoms with Gasteiger partial charge in [0.25, 0.3) is 0 Å². The molecule has 1 N–H and O–H groups in total. The second kappa shape index (κ2) is 8.27. The highest BCUT2D eigenvalue weighted by Crippen LogP contribution is 2.18. The molecule has 1 amide bonds. The molecular formula is C17H27N3O4S. The number of morpholine rings is 1. The van der Waals surface area contributed by atoms with Gasteiger partial charge in [-0.05, 0) is 25.5 Å². The molecule has 0 aliphatic carbocycles. The van der Waals surface area contributed by atoms with Gasteiger partial charge >= 0.3 is 0 Å². The molecule has 140 valence electrons. The maximum atomic E-state index is 12.4. The zero-order valence-electron chi connectivity index (χ0n) is 15.2. The highest BCUT2D eigenvalue weighted by molar-refractivity contribution is 7.89. The maximum absolute atomic E-state index is 12.4. The summed E-state index contributed by atoms with van der Waals surface area (Å²) in [6.07, 6.45) is 0.199. The van der Waals surface area contributed by atoms with Gasteiger partial charge < -0.3 is 10.1 Å². The molecule has 1 aliphatic heterocycles. The number of nitrogens with zero attached hydrogens (tertiary/aromatic N) is 2. The van der Waals surface area contributed by atoms with Gasteiger partial charge in [-0.25, -0.2) is 12.7 Å². The molecule has 1 aromatic carbocycles. The molecule has 1 saturated heterocycles. The van der Waals surface area contributed by atoms with Crippen molar-refractivity contribution in [3.63, 3.8) is 0 Å². The van der Waals surface area contributed by atoms with Crippen molar-refractivity contribution >= 4 is 15.9 Å². The van der Waals surface area contributed by atoms with Crippen molar-refractivity contribution in [1.29, 1.82) is 0 Å². The van der Waals surface area contributed by atoms with Crippen LogP contribution in [0.3, 0.4) is 0 Å². The topological polar surface area (TPSA) is 79.0 Å². The first-order valence-electron chi connectivity index (χ1n) is 8.35. The highest BCUT2D eigenvalue weighted by atomic mass is 32.2. The Morgan fingerprint density at radius 3 is 2.44 bits per heavy atom. The second-order valence-electron chi connectivity index (χ2n) is 6.62. The van der Waals surface area contributed by atoms with Crippen LogP contribution < -0.4 is 5.32 Å².